The molecule has 7 heteroatoms. The number of amides is 3. The minimum Gasteiger partial charge on any atom is -0.325 e. The van der Waals surface area contributed by atoms with Crippen LogP contribution in [-0.4, -0.2) is 28.7 Å². The summed E-state index contributed by atoms with van der Waals surface area (Å²) < 4.78 is 0. The molecule has 28 heavy (non-hydrogen) atoms. The van der Waals surface area contributed by atoms with Crippen LogP contribution in [0.2, 0.25) is 0 Å². The number of rotatable bonds is 7. The minimum absolute atomic E-state index is 0.134. The SMILES string of the molecule is CCc1ccc(C(=O)NNC(=O)[C@@H](C)SCC(=O)Nc2ccc(C)cc2)cc1. The number of benzene rings is 2. The number of thioether (sulfide) groups is 1. The molecular weight excluding hydrogens is 374 g/mol. The van der Waals surface area contributed by atoms with E-state index in [0.717, 1.165) is 23.2 Å². The topological polar surface area (TPSA) is 87.3 Å². The molecule has 0 heterocycles. The van der Waals surface area contributed by atoms with Crippen LogP contribution >= 0.6 is 11.8 Å². The number of hydrazine groups is 1. The van der Waals surface area contributed by atoms with Crippen molar-refractivity contribution in [3.63, 3.8) is 0 Å². The Balaban J connectivity index is 1.73. The van der Waals surface area contributed by atoms with E-state index in [-0.39, 0.29) is 23.5 Å². The van der Waals surface area contributed by atoms with Crippen LogP contribution in [0.1, 0.15) is 35.3 Å². The zero-order chi connectivity index (χ0) is 20.5. The van der Waals surface area contributed by atoms with Gasteiger partial charge in [0.05, 0.1) is 11.0 Å². The first-order valence-electron chi connectivity index (χ1n) is 9.06. The van der Waals surface area contributed by atoms with E-state index in [0.29, 0.717) is 5.56 Å². The van der Waals surface area contributed by atoms with Gasteiger partial charge in [0.15, 0.2) is 0 Å². The number of hydrogen-bond donors (Lipinski definition) is 3. The van der Waals surface area contributed by atoms with Crippen LogP contribution < -0.4 is 16.2 Å². The van der Waals surface area contributed by atoms with Crippen molar-refractivity contribution >= 4 is 35.2 Å². The van der Waals surface area contributed by atoms with Crippen LogP contribution in [0.15, 0.2) is 48.5 Å². The quantitative estimate of drug-likeness (QED) is 0.625. The molecule has 1 atom stereocenters. The molecule has 0 aliphatic heterocycles. The van der Waals surface area contributed by atoms with E-state index in [4.69, 9.17) is 0 Å². The zero-order valence-corrected chi connectivity index (χ0v) is 17.1. The van der Waals surface area contributed by atoms with E-state index in [1.807, 2.05) is 50.2 Å². The van der Waals surface area contributed by atoms with Gasteiger partial charge >= 0.3 is 0 Å². The Morgan fingerprint density at radius 1 is 0.964 bits per heavy atom. The van der Waals surface area contributed by atoms with Crippen LogP contribution in [-0.2, 0) is 16.0 Å². The summed E-state index contributed by atoms with van der Waals surface area (Å²) in [5.41, 5.74) is 8.23. The highest BCUT2D eigenvalue weighted by molar-refractivity contribution is 8.01. The van der Waals surface area contributed by atoms with Crippen LogP contribution in [0.4, 0.5) is 5.69 Å². The van der Waals surface area contributed by atoms with E-state index < -0.39 is 5.25 Å². The third kappa shape index (κ3) is 6.74. The molecule has 0 spiro atoms. The van der Waals surface area contributed by atoms with Gasteiger partial charge in [-0.15, -0.1) is 11.8 Å². The van der Waals surface area contributed by atoms with Crippen molar-refractivity contribution in [2.75, 3.05) is 11.1 Å². The van der Waals surface area contributed by atoms with E-state index >= 15 is 0 Å². The number of aryl methyl sites for hydroxylation is 2. The molecule has 0 fully saturated rings. The normalized spacial score (nSPS) is 11.4. The molecule has 148 valence electrons. The van der Waals surface area contributed by atoms with Crippen molar-refractivity contribution in [1.29, 1.82) is 0 Å². The van der Waals surface area contributed by atoms with Gasteiger partial charge in [0.1, 0.15) is 0 Å². The molecule has 2 rings (SSSR count). The van der Waals surface area contributed by atoms with Gasteiger partial charge in [0.25, 0.3) is 11.8 Å². The summed E-state index contributed by atoms with van der Waals surface area (Å²) in [5, 5.41) is 2.29. The van der Waals surface area contributed by atoms with Gasteiger partial charge in [0, 0.05) is 11.3 Å². The standard InChI is InChI=1S/C21H25N3O3S/c1-4-16-7-9-17(10-8-16)21(27)24-23-20(26)15(3)28-13-19(25)22-18-11-5-14(2)6-12-18/h5-12,15H,4,13H2,1-3H3,(H,22,25)(H,23,26)(H,24,27)/t15-/m1/s1. The molecular formula is C21H25N3O3S. The van der Waals surface area contributed by atoms with Crippen molar-refractivity contribution in [3.8, 4) is 0 Å². The molecule has 3 N–H and O–H groups in total. The monoisotopic (exact) mass is 399 g/mol. The summed E-state index contributed by atoms with van der Waals surface area (Å²) in [6.45, 7) is 5.69. The summed E-state index contributed by atoms with van der Waals surface area (Å²) in [6, 6.07) is 14.7. The van der Waals surface area contributed by atoms with Gasteiger partial charge in [-0.1, -0.05) is 36.8 Å². The summed E-state index contributed by atoms with van der Waals surface area (Å²) in [6.07, 6.45) is 0.894. The van der Waals surface area contributed by atoms with E-state index in [2.05, 4.69) is 16.2 Å². The lowest BCUT2D eigenvalue weighted by atomic mass is 10.1. The van der Waals surface area contributed by atoms with Crippen LogP contribution in [0.5, 0.6) is 0 Å². The molecule has 0 saturated carbocycles. The van der Waals surface area contributed by atoms with Crippen LogP contribution in [0.3, 0.4) is 0 Å². The highest BCUT2D eigenvalue weighted by Crippen LogP contribution is 2.13. The maximum Gasteiger partial charge on any atom is 0.269 e. The molecule has 0 aromatic heterocycles. The molecule has 3 amide bonds. The Morgan fingerprint density at radius 2 is 1.61 bits per heavy atom. The molecule has 2 aromatic rings. The zero-order valence-electron chi connectivity index (χ0n) is 16.2. The van der Waals surface area contributed by atoms with Crippen molar-refractivity contribution in [2.24, 2.45) is 0 Å². The molecule has 0 bridgehead atoms. The average Bonchev–Trinajstić information content (AvgIpc) is 2.71. The lowest BCUT2D eigenvalue weighted by molar-refractivity contribution is -0.121. The smallest absolute Gasteiger partial charge is 0.269 e. The van der Waals surface area contributed by atoms with Crippen LogP contribution in [0.25, 0.3) is 0 Å². The molecule has 0 aliphatic rings. The Hall–Kier alpha value is -2.80. The predicted molar refractivity (Wildman–Crippen MR) is 113 cm³/mol. The van der Waals surface area contributed by atoms with Gasteiger partial charge in [0.2, 0.25) is 5.91 Å². The number of anilines is 1. The van der Waals surface area contributed by atoms with Gasteiger partial charge in [-0.25, -0.2) is 0 Å². The molecule has 2 aromatic carbocycles. The summed E-state index contributed by atoms with van der Waals surface area (Å²) in [5.74, 6) is -0.806. The lowest BCUT2D eigenvalue weighted by Crippen LogP contribution is -2.45. The van der Waals surface area contributed by atoms with Gasteiger partial charge in [-0.3, -0.25) is 25.2 Å². The lowest BCUT2D eigenvalue weighted by Gasteiger charge is -2.13. The Labute approximate surface area is 169 Å². The molecule has 6 nitrogen and oxygen atoms in total. The fourth-order valence-electron chi connectivity index (χ4n) is 2.29. The largest absolute Gasteiger partial charge is 0.325 e. The molecule has 0 aliphatic carbocycles. The molecule has 0 saturated heterocycles. The van der Waals surface area contributed by atoms with Gasteiger partial charge < -0.3 is 5.32 Å². The first-order chi connectivity index (χ1) is 13.4. The Bertz CT molecular complexity index is 820. The number of carbonyl (C=O) groups is 3. The maximum atomic E-state index is 12.1. The molecule has 0 unspecified atom stereocenters. The van der Waals surface area contributed by atoms with Crippen molar-refractivity contribution in [3.05, 3.63) is 65.2 Å². The Kier molecular flexibility index (Phi) is 8.07. The summed E-state index contributed by atoms with van der Waals surface area (Å²) in [7, 11) is 0. The first kappa shape index (κ1) is 21.5. The number of hydrogen-bond acceptors (Lipinski definition) is 4. The van der Waals surface area contributed by atoms with Gasteiger partial charge in [-0.2, -0.15) is 0 Å². The third-order valence-electron chi connectivity index (χ3n) is 4.09. The summed E-state index contributed by atoms with van der Waals surface area (Å²) >= 11 is 1.19. The first-order valence-corrected chi connectivity index (χ1v) is 10.1. The highest BCUT2D eigenvalue weighted by Gasteiger charge is 2.16. The van der Waals surface area contributed by atoms with Gasteiger partial charge in [-0.05, 0) is 50.1 Å². The number of carbonyl (C=O) groups excluding carboxylic acids is 3. The summed E-state index contributed by atoms with van der Waals surface area (Å²) in [4.78, 5) is 36.2. The maximum absolute atomic E-state index is 12.1. The Morgan fingerprint density at radius 3 is 2.21 bits per heavy atom. The fraction of sp³-hybridized carbons (Fsp3) is 0.286. The van der Waals surface area contributed by atoms with E-state index in [1.54, 1.807) is 19.1 Å². The minimum atomic E-state index is -0.494. The second-order valence-electron chi connectivity index (χ2n) is 6.36. The third-order valence-corrected chi connectivity index (χ3v) is 5.24. The van der Waals surface area contributed by atoms with E-state index in [9.17, 15) is 14.4 Å². The van der Waals surface area contributed by atoms with Crippen molar-refractivity contribution in [1.82, 2.24) is 10.9 Å². The van der Waals surface area contributed by atoms with Crippen molar-refractivity contribution < 1.29 is 14.4 Å². The van der Waals surface area contributed by atoms with Crippen LogP contribution in [0, 0.1) is 6.92 Å². The molecule has 0 radical (unpaired) electrons. The fourth-order valence-corrected chi connectivity index (χ4v) is 2.98. The van der Waals surface area contributed by atoms with E-state index in [1.165, 1.54) is 11.8 Å². The second-order valence-corrected chi connectivity index (χ2v) is 7.69. The highest BCUT2D eigenvalue weighted by atomic mass is 32.2. The number of nitrogens with one attached hydrogen (secondary N) is 3. The van der Waals surface area contributed by atoms with Crippen molar-refractivity contribution in [2.45, 2.75) is 32.4 Å². The predicted octanol–water partition coefficient (Wildman–Crippen LogP) is 3.08. The second kappa shape index (κ2) is 10.5. The average molecular weight is 400 g/mol.